The van der Waals surface area contributed by atoms with Gasteiger partial charge in [-0.2, -0.15) is 13.2 Å². The number of allylic oxidation sites excluding steroid dienone is 2. The second-order valence-electron chi connectivity index (χ2n) is 8.60. The molecular formula is C28H36BF3N2O. The third-order valence-corrected chi connectivity index (χ3v) is 5.49. The summed E-state index contributed by atoms with van der Waals surface area (Å²) in [6.07, 6.45) is 4.62. The minimum absolute atomic E-state index is 0.116. The maximum Gasteiger partial charge on any atom is 0.409 e. The SMILES string of the molecule is CCc1cncn1CCCOC(C)C.FC(F)(F)C=CCCB(c1ccccc1)c1ccccc1. The molecule has 0 aliphatic carbocycles. The molecule has 0 fully saturated rings. The summed E-state index contributed by atoms with van der Waals surface area (Å²) in [5.74, 6) is 0. The van der Waals surface area contributed by atoms with E-state index in [9.17, 15) is 13.2 Å². The van der Waals surface area contributed by atoms with E-state index in [1.165, 1.54) is 11.8 Å². The Morgan fingerprint density at radius 1 is 1.00 bits per heavy atom. The fraction of sp³-hybridized carbons (Fsp3) is 0.393. The molecule has 0 N–H and O–H groups in total. The van der Waals surface area contributed by atoms with Crippen LogP contribution in [-0.4, -0.2) is 35.2 Å². The summed E-state index contributed by atoms with van der Waals surface area (Å²) in [4.78, 5) is 4.13. The van der Waals surface area contributed by atoms with E-state index in [4.69, 9.17) is 4.74 Å². The smallest absolute Gasteiger partial charge is 0.379 e. The summed E-state index contributed by atoms with van der Waals surface area (Å²) in [7, 11) is 0. The van der Waals surface area contributed by atoms with Crippen molar-refractivity contribution in [2.24, 2.45) is 0 Å². The van der Waals surface area contributed by atoms with Gasteiger partial charge in [-0.15, -0.1) is 0 Å². The Kier molecular flexibility index (Phi) is 12.4. The lowest BCUT2D eigenvalue weighted by Crippen LogP contribution is -2.41. The standard InChI is InChI=1S/C17H16BF3.C11H20N2O/c19-17(20,21)13-7-8-14-18(15-9-3-1-4-10-15)16-11-5-2-6-12-16;1-4-11-8-12-9-13(11)6-5-7-14-10(2)3/h1-7,9-13H,8,14H2;8-10H,4-7H2,1-3H3. The molecule has 7 heteroatoms. The van der Waals surface area contributed by atoms with Crippen LogP contribution >= 0.6 is 0 Å². The minimum atomic E-state index is -4.23. The van der Waals surface area contributed by atoms with Crippen LogP contribution in [0.2, 0.25) is 6.32 Å². The first-order valence-electron chi connectivity index (χ1n) is 12.2. The van der Waals surface area contributed by atoms with Crippen LogP contribution in [0.4, 0.5) is 13.2 Å². The van der Waals surface area contributed by atoms with E-state index in [1.807, 2.05) is 73.2 Å². The van der Waals surface area contributed by atoms with Crippen LogP contribution in [0.25, 0.3) is 0 Å². The van der Waals surface area contributed by atoms with E-state index < -0.39 is 6.18 Å². The van der Waals surface area contributed by atoms with Gasteiger partial charge in [0.05, 0.1) is 12.4 Å². The second-order valence-corrected chi connectivity index (χ2v) is 8.60. The number of nitrogens with zero attached hydrogens (tertiary/aromatic N) is 2. The van der Waals surface area contributed by atoms with Crippen molar-refractivity contribution in [3.05, 3.63) is 91.0 Å². The summed E-state index contributed by atoms with van der Waals surface area (Å²) in [6.45, 7) is 8.24. The van der Waals surface area contributed by atoms with Crippen LogP contribution in [0.3, 0.4) is 0 Å². The fourth-order valence-electron chi connectivity index (χ4n) is 3.77. The Hall–Kier alpha value is -2.80. The summed E-state index contributed by atoms with van der Waals surface area (Å²) in [5, 5.41) is 0. The molecule has 2 aromatic carbocycles. The molecule has 0 saturated heterocycles. The second kappa shape index (κ2) is 15.3. The maximum absolute atomic E-state index is 12.1. The third kappa shape index (κ3) is 11.5. The molecule has 188 valence electrons. The fourth-order valence-corrected chi connectivity index (χ4v) is 3.77. The van der Waals surface area contributed by atoms with Crippen LogP contribution in [0.1, 0.15) is 39.3 Å². The van der Waals surface area contributed by atoms with Crippen molar-refractivity contribution >= 4 is 17.6 Å². The highest BCUT2D eigenvalue weighted by molar-refractivity contribution is 6.85. The van der Waals surface area contributed by atoms with Gasteiger partial charge in [-0.25, -0.2) is 4.98 Å². The van der Waals surface area contributed by atoms with Crippen LogP contribution in [0, 0.1) is 0 Å². The zero-order chi connectivity index (χ0) is 25.5. The van der Waals surface area contributed by atoms with Crippen molar-refractivity contribution in [2.45, 2.75) is 65.2 Å². The van der Waals surface area contributed by atoms with Gasteiger partial charge in [0.25, 0.3) is 0 Å². The van der Waals surface area contributed by atoms with E-state index >= 15 is 0 Å². The first-order valence-corrected chi connectivity index (χ1v) is 12.2. The lowest BCUT2D eigenvalue weighted by molar-refractivity contribution is -0.0800. The lowest BCUT2D eigenvalue weighted by Gasteiger charge is -2.13. The lowest BCUT2D eigenvalue weighted by atomic mass is 9.38. The molecule has 0 aliphatic rings. The van der Waals surface area contributed by atoms with Gasteiger partial charge in [0.1, 0.15) is 0 Å². The zero-order valence-electron chi connectivity index (χ0n) is 20.9. The number of alkyl halides is 3. The number of rotatable bonds is 11. The van der Waals surface area contributed by atoms with Gasteiger partial charge < -0.3 is 9.30 Å². The molecule has 0 aliphatic heterocycles. The van der Waals surface area contributed by atoms with Crippen LogP contribution in [-0.2, 0) is 17.7 Å². The Labute approximate surface area is 208 Å². The Balaban J connectivity index is 0.000000269. The molecule has 1 aromatic heterocycles. The molecule has 0 saturated carbocycles. The topological polar surface area (TPSA) is 27.1 Å². The van der Waals surface area contributed by atoms with Gasteiger partial charge in [0.15, 0.2) is 0 Å². The van der Waals surface area contributed by atoms with Crippen molar-refractivity contribution in [1.82, 2.24) is 9.55 Å². The highest BCUT2D eigenvalue weighted by atomic mass is 19.4. The normalized spacial score (nSPS) is 11.5. The number of imidazole rings is 1. The van der Waals surface area contributed by atoms with Gasteiger partial charge in [0, 0.05) is 31.1 Å². The number of benzene rings is 2. The predicted octanol–water partition coefficient (Wildman–Crippen LogP) is 6.06. The Morgan fingerprint density at radius 3 is 2.11 bits per heavy atom. The number of halogens is 3. The molecule has 3 rings (SSSR count). The third-order valence-electron chi connectivity index (χ3n) is 5.49. The van der Waals surface area contributed by atoms with E-state index in [-0.39, 0.29) is 6.71 Å². The number of hydrogen-bond acceptors (Lipinski definition) is 2. The average Bonchev–Trinajstić information content (AvgIpc) is 3.30. The molecule has 3 aromatic rings. The number of hydrogen-bond donors (Lipinski definition) is 0. The van der Waals surface area contributed by atoms with Crippen molar-refractivity contribution in [3.8, 4) is 0 Å². The van der Waals surface area contributed by atoms with Gasteiger partial charge in [0.2, 0.25) is 6.71 Å². The van der Waals surface area contributed by atoms with E-state index in [2.05, 4.69) is 30.3 Å². The monoisotopic (exact) mass is 484 g/mol. The summed E-state index contributed by atoms with van der Waals surface area (Å²) in [5.41, 5.74) is 3.56. The van der Waals surface area contributed by atoms with Gasteiger partial charge in [-0.3, -0.25) is 0 Å². The average molecular weight is 484 g/mol. The largest absolute Gasteiger partial charge is 0.409 e. The molecule has 3 nitrogen and oxygen atoms in total. The van der Waals surface area contributed by atoms with Crippen molar-refractivity contribution in [2.75, 3.05) is 6.61 Å². The van der Waals surface area contributed by atoms with E-state index in [0.717, 1.165) is 36.9 Å². The van der Waals surface area contributed by atoms with Crippen LogP contribution in [0.5, 0.6) is 0 Å². The van der Waals surface area contributed by atoms with Gasteiger partial charge in [-0.05, 0) is 33.1 Å². The number of aromatic nitrogens is 2. The first kappa shape index (κ1) is 28.4. The summed E-state index contributed by atoms with van der Waals surface area (Å²) in [6, 6.07) is 19.8. The molecule has 0 unspecified atom stereocenters. The molecule has 35 heavy (non-hydrogen) atoms. The summed E-state index contributed by atoms with van der Waals surface area (Å²) < 4.78 is 44.1. The minimum Gasteiger partial charge on any atom is -0.379 e. The van der Waals surface area contributed by atoms with Crippen molar-refractivity contribution in [3.63, 3.8) is 0 Å². The van der Waals surface area contributed by atoms with E-state index in [1.54, 1.807) is 0 Å². The maximum atomic E-state index is 12.1. The number of ether oxygens (including phenoxy) is 1. The predicted molar refractivity (Wildman–Crippen MR) is 140 cm³/mol. The molecule has 0 radical (unpaired) electrons. The summed E-state index contributed by atoms with van der Waals surface area (Å²) >= 11 is 0. The molecular weight excluding hydrogens is 448 g/mol. The number of aryl methyl sites for hydroxylation is 2. The van der Waals surface area contributed by atoms with Gasteiger partial charge in [-0.1, -0.05) is 90.9 Å². The highest BCUT2D eigenvalue weighted by Crippen LogP contribution is 2.16. The molecule has 0 atom stereocenters. The Morgan fingerprint density at radius 2 is 1.60 bits per heavy atom. The molecule has 0 spiro atoms. The zero-order valence-corrected chi connectivity index (χ0v) is 20.9. The first-order chi connectivity index (χ1) is 16.8. The molecule has 0 bridgehead atoms. The van der Waals surface area contributed by atoms with Crippen molar-refractivity contribution < 1.29 is 17.9 Å². The van der Waals surface area contributed by atoms with E-state index in [0.29, 0.717) is 24.9 Å². The molecule has 0 amide bonds. The Bertz CT molecular complexity index is 933. The van der Waals surface area contributed by atoms with Crippen LogP contribution in [0.15, 0.2) is 85.3 Å². The van der Waals surface area contributed by atoms with Crippen LogP contribution < -0.4 is 10.9 Å². The quantitative estimate of drug-likeness (QED) is 0.188. The van der Waals surface area contributed by atoms with Gasteiger partial charge >= 0.3 is 6.18 Å². The highest BCUT2D eigenvalue weighted by Gasteiger charge is 2.22. The van der Waals surface area contributed by atoms with Crippen molar-refractivity contribution in [1.29, 1.82) is 0 Å². The molecule has 1 heterocycles.